The fraction of sp³-hybridized carbons (Fsp3) is 0.234. The van der Waals surface area contributed by atoms with Crippen LogP contribution in [0.2, 0.25) is 0 Å². The van der Waals surface area contributed by atoms with Crippen LogP contribution in [-0.4, -0.2) is 72.9 Å². The summed E-state index contributed by atoms with van der Waals surface area (Å²) in [4.78, 5) is 74.4. The molecule has 0 spiro atoms. The molecule has 16 nitrogen and oxygen atoms in total. The predicted octanol–water partition coefficient (Wildman–Crippen LogP) is 4.76. The van der Waals surface area contributed by atoms with E-state index in [1.54, 1.807) is 60.7 Å². The smallest absolute Gasteiger partial charge is 0.251 e. The molecule has 6 aromatic rings. The zero-order valence-corrected chi connectivity index (χ0v) is 34.7. The molecule has 63 heavy (non-hydrogen) atoms. The molecule has 320 valence electrons. The molecule has 0 unspecified atom stereocenters. The minimum atomic E-state index is -0.620. The van der Waals surface area contributed by atoms with Gasteiger partial charge in [-0.2, -0.15) is 10.2 Å². The number of aromatic nitrogens is 4. The van der Waals surface area contributed by atoms with E-state index in [1.807, 2.05) is 26.0 Å². The lowest BCUT2D eigenvalue weighted by Gasteiger charge is -2.11. The van der Waals surface area contributed by atoms with Gasteiger partial charge in [-0.25, -0.2) is 9.36 Å². The van der Waals surface area contributed by atoms with Gasteiger partial charge in [0.2, 0.25) is 5.91 Å². The number of benzene rings is 4. The summed E-state index contributed by atoms with van der Waals surface area (Å²) in [5, 5.41) is 17.4. The number of amides is 4. The minimum Gasteiger partial charge on any atom is -0.383 e. The first-order chi connectivity index (χ1) is 30.2. The van der Waals surface area contributed by atoms with Crippen LogP contribution >= 0.6 is 0 Å². The summed E-state index contributed by atoms with van der Waals surface area (Å²) in [6.45, 7) is 3.77. The highest BCUT2D eigenvalue weighted by atomic mass is 16.2. The van der Waals surface area contributed by atoms with Crippen LogP contribution in [0.15, 0.2) is 97.3 Å². The summed E-state index contributed by atoms with van der Waals surface area (Å²) in [6, 6.07) is 24.0. The standard InChI is InChI=1S/C25H25N5O3.C22H21N5O3/c1-14-2-3-17(25(33)29-19-10-11-19)12-21(14)30-23(26)20(13-27-30)22(31)15-4-6-16(7-5-15)24(32)28-18-8-9-18;1-12-5-6-15(22(30)26-16-7-8-16)10-18(12)27-20(23)17(11-25-27)19(28)13-3-2-4-14(9-13)21(24)29/h2-7,12-13,18-19H,8-11,26H2,1H3,(H,28,32)(H,29,33);2-6,9-11,16H,7-8,23H2,1H3,(H2,24,29)(H,26,30). The number of nitrogens with zero attached hydrogens (tertiary/aromatic N) is 4. The Morgan fingerprint density at radius 2 is 0.889 bits per heavy atom. The van der Waals surface area contributed by atoms with E-state index in [0.717, 1.165) is 49.7 Å². The van der Waals surface area contributed by atoms with Crippen molar-refractivity contribution in [1.82, 2.24) is 35.5 Å². The third-order valence-electron chi connectivity index (χ3n) is 11.1. The first-order valence-electron chi connectivity index (χ1n) is 20.7. The molecule has 9 N–H and O–H groups in total. The Kier molecular flexibility index (Phi) is 11.4. The second-order valence-electron chi connectivity index (χ2n) is 16.1. The monoisotopic (exact) mass is 846 g/mol. The van der Waals surface area contributed by atoms with Gasteiger partial charge in [0.1, 0.15) is 11.6 Å². The predicted molar refractivity (Wildman–Crippen MR) is 235 cm³/mol. The number of hydrogen-bond acceptors (Lipinski definition) is 10. The Bertz CT molecular complexity index is 2810. The van der Waals surface area contributed by atoms with E-state index >= 15 is 0 Å². The van der Waals surface area contributed by atoms with Crippen molar-refractivity contribution in [2.45, 2.75) is 70.5 Å². The average molecular weight is 847 g/mol. The Hall–Kier alpha value is -7.88. The average Bonchev–Trinajstić information content (AvgIpc) is 4.22. The zero-order chi connectivity index (χ0) is 44.5. The Morgan fingerprint density at radius 3 is 1.32 bits per heavy atom. The van der Waals surface area contributed by atoms with Crippen LogP contribution in [0, 0.1) is 13.8 Å². The van der Waals surface area contributed by atoms with E-state index in [9.17, 15) is 28.8 Å². The van der Waals surface area contributed by atoms with Crippen LogP contribution in [0.4, 0.5) is 11.6 Å². The number of anilines is 2. The number of primary amides is 1. The van der Waals surface area contributed by atoms with E-state index in [-0.39, 0.29) is 81.3 Å². The van der Waals surface area contributed by atoms with Crippen LogP contribution in [0.1, 0.15) is 123 Å². The molecule has 3 aliphatic carbocycles. The molecule has 16 heteroatoms. The number of ketones is 2. The quantitative estimate of drug-likeness (QED) is 0.0869. The summed E-state index contributed by atoms with van der Waals surface area (Å²) >= 11 is 0. The van der Waals surface area contributed by atoms with Crippen molar-refractivity contribution in [3.63, 3.8) is 0 Å². The second-order valence-corrected chi connectivity index (χ2v) is 16.1. The molecular formula is C47H46N10O6. The van der Waals surface area contributed by atoms with Gasteiger partial charge in [-0.3, -0.25) is 28.8 Å². The van der Waals surface area contributed by atoms with E-state index < -0.39 is 5.91 Å². The largest absolute Gasteiger partial charge is 0.383 e. The highest BCUT2D eigenvalue weighted by Gasteiger charge is 2.27. The molecule has 0 atom stereocenters. The van der Waals surface area contributed by atoms with Crippen molar-refractivity contribution in [2.24, 2.45) is 5.73 Å². The van der Waals surface area contributed by atoms with Crippen molar-refractivity contribution in [3.8, 4) is 11.4 Å². The number of nitrogens with one attached hydrogen (secondary N) is 3. The van der Waals surface area contributed by atoms with Crippen molar-refractivity contribution in [3.05, 3.63) is 153 Å². The first kappa shape index (κ1) is 41.8. The van der Waals surface area contributed by atoms with E-state index in [0.29, 0.717) is 33.6 Å². The lowest BCUT2D eigenvalue weighted by atomic mass is 10.0. The summed E-state index contributed by atoms with van der Waals surface area (Å²) in [6.07, 6.45) is 8.85. The molecule has 3 fully saturated rings. The SMILES string of the molecule is Cc1ccc(C(=O)NC2CC2)cc1-n1ncc(C(=O)c2ccc(C(=O)NC3CC3)cc2)c1N.Cc1ccc(C(=O)NC2CC2)cc1-n1ncc(C(=O)c2cccc(C(N)=O)c2)c1N. The van der Waals surface area contributed by atoms with Crippen molar-refractivity contribution in [2.75, 3.05) is 11.5 Å². The maximum atomic E-state index is 13.1. The van der Waals surface area contributed by atoms with Crippen LogP contribution in [0.5, 0.6) is 0 Å². The first-order valence-corrected chi connectivity index (χ1v) is 20.7. The van der Waals surface area contributed by atoms with Crippen LogP contribution in [0.3, 0.4) is 0 Å². The zero-order valence-electron chi connectivity index (χ0n) is 34.7. The number of carbonyl (C=O) groups excluding carboxylic acids is 6. The molecule has 2 heterocycles. The Labute approximate surface area is 362 Å². The summed E-state index contributed by atoms with van der Waals surface area (Å²) in [5.74, 6) is -1.35. The number of hydrogen-bond donors (Lipinski definition) is 6. The summed E-state index contributed by atoms with van der Waals surface area (Å²) in [7, 11) is 0. The third-order valence-corrected chi connectivity index (χ3v) is 11.1. The molecule has 0 aliphatic heterocycles. The number of nitrogen functional groups attached to an aromatic ring is 2. The third kappa shape index (κ3) is 9.39. The summed E-state index contributed by atoms with van der Waals surface area (Å²) in [5.41, 5.74) is 23.8. The number of rotatable bonds is 13. The summed E-state index contributed by atoms with van der Waals surface area (Å²) < 4.78 is 2.92. The number of carbonyl (C=O) groups is 6. The fourth-order valence-electron chi connectivity index (χ4n) is 6.79. The molecule has 0 saturated heterocycles. The fourth-order valence-corrected chi connectivity index (χ4v) is 6.79. The maximum absolute atomic E-state index is 13.1. The van der Waals surface area contributed by atoms with Crippen LogP contribution in [0.25, 0.3) is 11.4 Å². The van der Waals surface area contributed by atoms with Gasteiger partial charge in [0.05, 0.1) is 34.9 Å². The van der Waals surface area contributed by atoms with Gasteiger partial charge in [0, 0.05) is 51.5 Å². The van der Waals surface area contributed by atoms with E-state index in [4.69, 9.17) is 17.2 Å². The van der Waals surface area contributed by atoms with E-state index in [2.05, 4.69) is 26.1 Å². The molecular weight excluding hydrogens is 801 g/mol. The molecule has 2 aromatic heterocycles. The molecule has 4 aromatic carbocycles. The van der Waals surface area contributed by atoms with Gasteiger partial charge in [-0.1, -0.05) is 36.4 Å². The highest BCUT2D eigenvalue weighted by Crippen LogP contribution is 2.27. The van der Waals surface area contributed by atoms with Gasteiger partial charge in [0.15, 0.2) is 11.6 Å². The van der Waals surface area contributed by atoms with Crippen LogP contribution in [-0.2, 0) is 0 Å². The molecule has 0 radical (unpaired) electrons. The molecule has 3 aliphatic rings. The molecule has 3 saturated carbocycles. The Morgan fingerprint density at radius 1 is 0.508 bits per heavy atom. The van der Waals surface area contributed by atoms with Gasteiger partial charge in [0.25, 0.3) is 17.7 Å². The second kappa shape index (κ2) is 17.2. The van der Waals surface area contributed by atoms with Gasteiger partial charge in [-0.05, 0) is 112 Å². The van der Waals surface area contributed by atoms with Crippen LogP contribution < -0.4 is 33.2 Å². The van der Waals surface area contributed by atoms with Crippen molar-refractivity contribution >= 4 is 46.8 Å². The molecule has 9 rings (SSSR count). The lowest BCUT2D eigenvalue weighted by Crippen LogP contribution is -2.25. The lowest BCUT2D eigenvalue weighted by molar-refractivity contribution is 0.0942. The van der Waals surface area contributed by atoms with Gasteiger partial charge >= 0.3 is 0 Å². The highest BCUT2D eigenvalue weighted by molar-refractivity contribution is 6.13. The van der Waals surface area contributed by atoms with Crippen molar-refractivity contribution in [1.29, 1.82) is 0 Å². The maximum Gasteiger partial charge on any atom is 0.251 e. The Balaban J connectivity index is 0.000000174. The topological polar surface area (TPSA) is 252 Å². The molecule has 0 bridgehead atoms. The number of nitrogens with two attached hydrogens (primary N) is 3. The molecule has 4 amide bonds. The minimum absolute atomic E-state index is 0.133. The van der Waals surface area contributed by atoms with Gasteiger partial charge in [-0.15, -0.1) is 0 Å². The van der Waals surface area contributed by atoms with Gasteiger partial charge < -0.3 is 33.2 Å². The van der Waals surface area contributed by atoms with E-state index in [1.165, 1.54) is 33.9 Å². The number of aryl methyl sites for hydroxylation is 2. The van der Waals surface area contributed by atoms with Crippen molar-refractivity contribution < 1.29 is 28.8 Å². The normalized spacial score (nSPS) is 14.2.